The van der Waals surface area contributed by atoms with Gasteiger partial charge in [0.1, 0.15) is 0 Å². The lowest BCUT2D eigenvalue weighted by atomic mass is 10.2. The SMILES string of the molecule is CCOCCOCCNC(=O)CCCCBr. The Morgan fingerprint density at radius 3 is 2.62 bits per heavy atom. The second-order valence-corrected chi connectivity index (χ2v) is 4.10. The maximum Gasteiger partial charge on any atom is 0.220 e. The quantitative estimate of drug-likeness (QED) is 0.466. The monoisotopic (exact) mass is 295 g/mol. The number of ether oxygens (including phenoxy) is 2. The Labute approximate surface area is 106 Å². The van der Waals surface area contributed by atoms with E-state index in [4.69, 9.17) is 9.47 Å². The van der Waals surface area contributed by atoms with E-state index in [-0.39, 0.29) is 5.91 Å². The first-order valence-corrected chi connectivity index (χ1v) is 6.91. The lowest BCUT2D eigenvalue weighted by Gasteiger charge is -2.06. The summed E-state index contributed by atoms with van der Waals surface area (Å²) >= 11 is 3.33. The van der Waals surface area contributed by atoms with E-state index in [1.54, 1.807) is 0 Å². The molecule has 0 rings (SSSR count). The van der Waals surface area contributed by atoms with Crippen LogP contribution in [0.5, 0.6) is 0 Å². The Balaban J connectivity index is 3.09. The average Bonchev–Trinajstić information content (AvgIpc) is 2.28. The topological polar surface area (TPSA) is 47.6 Å². The van der Waals surface area contributed by atoms with Gasteiger partial charge < -0.3 is 14.8 Å². The van der Waals surface area contributed by atoms with Crippen molar-refractivity contribution in [2.45, 2.75) is 26.2 Å². The number of alkyl halides is 1. The number of hydrogen-bond acceptors (Lipinski definition) is 3. The highest BCUT2D eigenvalue weighted by Crippen LogP contribution is 1.97. The molecule has 0 aromatic heterocycles. The van der Waals surface area contributed by atoms with Crippen molar-refractivity contribution >= 4 is 21.8 Å². The molecule has 16 heavy (non-hydrogen) atoms. The molecule has 0 atom stereocenters. The molecule has 0 radical (unpaired) electrons. The molecule has 0 bridgehead atoms. The summed E-state index contributed by atoms with van der Waals surface area (Å²) in [5, 5.41) is 3.77. The number of rotatable bonds is 11. The van der Waals surface area contributed by atoms with Crippen molar-refractivity contribution in [3.8, 4) is 0 Å². The second kappa shape index (κ2) is 12.9. The number of unbranched alkanes of at least 4 members (excludes halogenated alkanes) is 1. The van der Waals surface area contributed by atoms with Crippen LogP contribution >= 0.6 is 15.9 Å². The Kier molecular flexibility index (Phi) is 12.8. The van der Waals surface area contributed by atoms with Crippen molar-refractivity contribution < 1.29 is 14.3 Å². The molecule has 0 heterocycles. The molecule has 96 valence electrons. The molecular weight excluding hydrogens is 274 g/mol. The van der Waals surface area contributed by atoms with Gasteiger partial charge in [-0.15, -0.1) is 0 Å². The average molecular weight is 296 g/mol. The Hall–Kier alpha value is -0.130. The van der Waals surface area contributed by atoms with Crippen LogP contribution in [-0.4, -0.2) is 44.2 Å². The van der Waals surface area contributed by atoms with Gasteiger partial charge in [-0.25, -0.2) is 0 Å². The minimum Gasteiger partial charge on any atom is -0.379 e. The first-order chi connectivity index (χ1) is 7.81. The molecule has 0 unspecified atom stereocenters. The molecule has 0 fully saturated rings. The third-order valence-electron chi connectivity index (χ3n) is 1.93. The summed E-state index contributed by atoms with van der Waals surface area (Å²) in [5.74, 6) is 0.106. The van der Waals surface area contributed by atoms with Gasteiger partial charge in [-0.1, -0.05) is 15.9 Å². The van der Waals surface area contributed by atoms with Crippen LogP contribution in [0.1, 0.15) is 26.2 Å². The molecule has 0 aliphatic carbocycles. The molecule has 0 saturated carbocycles. The normalized spacial score (nSPS) is 10.4. The zero-order valence-corrected chi connectivity index (χ0v) is 11.6. The summed E-state index contributed by atoms with van der Waals surface area (Å²) in [5.41, 5.74) is 0. The third kappa shape index (κ3) is 11.9. The summed E-state index contributed by atoms with van der Waals surface area (Å²) in [6.45, 7) is 5.01. The van der Waals surface area contributed by atoms with Gasteiger partial charge in [-0.05, 0) is 19.8 Å². The predicted molar refractivity (Wildman–Crippen MR) is 68.0 cm³/mol. The van der Waals surface area contributed by atoms with E-state index in [1.807, 2.05) is 6.92 Å². The Morgan fingerprint density at radius 1 is 1.19 bits per heavy atom. The van der Waals surface area contributed by atoms with E-state index >= 15 is 0 Å². The zero-order valence-electron chi connectivity index (χ0n) is 9.97. The van der Waals surface area contributed by atoms with E-state index in [2.05, 4.69) is 21.2 Å². The van der Waals surface area contributed by atoms with Crippen LogP contribution in [-0.2, 0) is 14.3 Å². The molecule has 0 aliphatic rings. The largest absolute Gasteiger partial charge is 0.379 e. The van der Waals surface area contributed by atoms with Crippen molar-refractivity contribution in [3.05, 3.63) is 0 Å². The highest BCUT2D eigenvalue weighted by atomic mass is 79.9. The minimum atomic E-state index is 0.106. The highest BCUT2D eigenvalue weighted by Gasteiger charge is 1.99. The van der Waals surface area contributed by atoms with E-state index in [0.29, 0.717) is 39.4 Å². The maximum absolute atomic E-state index is 11.2. The smallest absolute Gasteiger partial charge is 0.220 e. The summed E-state index contributed by atoms with van der Waals surface area (Å²) in [4.78, 5) is 11.2. The number of hydrogen-bond donors (Lipinski definition) is 1. The number of nitrogens with one attached hydrogen (secondary N) is 1. The maximum atomic E-state index is 11.2. The van der Waals surface area contributed by atoms with Gasteiger partial charge in [0.2, 0.25) is 5.91 Å². The standard InChI is InChI=1S/C11H22BrNO3/c1-2-15-9-10-16-8-7-13-11(14)5-3-4-6-12/h2-10H2,1H3,(H,13,14). The van der Waals surface area contributed by atoms with E-state index in [0.717, 1.165) is 18.2 Å². The van der Waals surface area contributed by atoms with Crippen LogP contribution < -0.4 is 5.32 Å². The Morgan fingerprint density at radius 2 is 1.94 bits per heavy atom. The summed E-state index contributed by atoms with van der Waals surface area (Å²) in [6.07, 6.45) is 2.57. The van der Waals surface area contributed by atoms with Crippen LogP contribution in [0, 0.1) is 0 Å². The van der Waals surface area contributed by atoms with Crippen LogP contribution in [0.2, 0.25) is 0 Å². The first-order valence-electron chi connectivity index (χ1n) is 5.79. The van der Waals surface area contributed by atoms with Gasteiger partial charge in [-0.2, -0.15) is 0 Å². The lowest BCUT2D eigenvalue weighted by molar-refractivity contribution is -0.121. The number of carbonyl (C=O) groups is 1. The molecule has 1 amide bonds. The van der Waals surface area contributed by atoms with Crippen LogP contribution in [0.15, 0.2) is 0 Å². The van der Waals surface area contributed by atoms with Gasteiger partial charge in [0.15, 0.2) is 0 Å². The molecule has 0 aromatic rings. The van der Waals surface area contributed by atoms with Crippen molar-refractivity contribution in [3.63, 3.8) is 0 Å². The fourth-order valence-electron chi connectivity index (χ4n) is 1.10. The molecule has 0 spiro atoms. The van der Waals surface area contributed by atoms with Gasteiger partial charge >= 0.3 is 0 Å². The van der Waals surface area contributed by atoms with Crippen molar-refractivity contribution in [1.29, 1.82) is 0 Å². The highest BCUT2D eigenvalue weighted by molar-refractivity contribution is 9.09. The minimum absolute atomic E-state index is 0.106. The molecule has 5 heteroatoms. The van der Waals surface area contributed by atoms with Gasteiger partial charge in [-0.3, -0.25) is 4.79 Å². The van der Waals surface area contributed by atoms with Crippen molar-refractivity contribution in [2.75, 3.05) is 38.3 Å². The van der Waals surface area contributed by atoms with Crippen molar-refractivity contribution in [1.82, 2.24) is 5.32 Å². The van der Waals surface area contributed by atoms with E-state index in [9.17, 15) is 4.79 Å². The molecule has 0 saturated heterocycles. The fourth-order valence-corrected chi connectivity index (χ4v) is 1.49. The van der Waals surface area contributed by atoms with Crippen LogP contribution in [0.25, 0.3) is 0 Å². The fraction of sp³-hybridized carbons (Fsp3) is 0.909. The number of halogens is 1. The van der Waals surface area contributed by atoms with Gasteiger partial charge in [0, 0.05) is 24.9 Å². The Bertz CT molecular complexity index is 167. The van der Waals surface area contributed by atoms with Gasteiger partial charge in [0.25, 0.3) is 0 Å². The van der Waals surface area contributed by atoms with E-state index in [1.165, 1.54) is 0 Å². The third-order valence-corrected chi connectivity index (χ3v) is 2.49. The number of carbonyl (C=O) groups excluding carboxylic acids is 1. The van der Waals surface area contributed by atoms with Crippen LogP contribution in [0.4, 0.5) is 0 Å². The molecule has 0 aromatic carbocycles. The lowest BCUT2D eigenvalue weighted by Crippen LogP contribution is -2.27. The predicted octanol–water partition coefficient (Wildman–Crippen LogP) is 1.72. The summed E-state index contributed by atoms with van der Waals surface area (Å²) < 4.78 is 10.4. The van der Waals surface area contributed by atoms with Crippen molar-refractivity contribution in [2.24, 2.45) is 0 Å². The first kappa shape index (κ1) is 15.9. The second-order valence-electron chi connectivity index (χ2n) is 3.31. The molecule has 0 aliphatic heterocycles. The summed E-state index contributed by atoms with van der Waals surface area (Å²) in [6, 6.07) is 0. The zero-order chi connectivity index (χ0) is 12.1. The molecular formula is C11H22BrNO3. The van der Waals surface area contributed by atoms with Gasteiger partial charge in [0.05, 0.1) is 19.8 Å². The molecule has 4 nitrogen and oxygen atoms in total. The number of amides is 1. The van der Waals surface area contributed by atoms with E-state index < -0.39 is 0 Å². The van der Waals surface area contributed by atoms with Crippen LogP contribution in [0.3, 0.4) is 0 Å². The summed E-state index contributed by atoms with van der Waals surface area (Å²) in [7, 11) is 0. The molecule has 1 N–H and O–H groups in total.